The molecule has 16 heavy (non-hydrogen) atoms. The van der Waals surface area contributed by atoms with Crippen molar-refractivity contribution in [1.82, 2.24) is 0 Å². The standard InChI is InChI=1S/C9H9F3O3S/c1-2-3-5-7(16(13,14)15)4-6(10)9(12)8(5)11/h4H,2-3H2,1H3,(H,13,14,15). The molecule has 0 atom stereocenters. The maximum atomic E-state index is 13.2. The molecule has 0 saturated heterocycles. The zero-order valence-electron chi connectivity index (χ0n) is 8.30. The van der Waals surface area contributed by atoms with Crippen molar-refractivity contribution in [3.05, 3.63) is 29.1 Å². The van der Waals surface area contributed by atoms with Crippen molar-refractivity contribution in [2.24, 2.45) is 0 Å². The second-order valence-electron chi connectivity index (χ2n) is 3.19. The Kier molecular flexibility index (Phi) is 3.59. The molecule has 0 heterocycles. The third-order valence-corrected chi connectivity index (χ3v) is 2.92. The molecule has 0 aliphatic heterocycles. The molecule has 7 heteroatoms. The van der Waals surface area contributed by atoms with Crippen LogP contribution in [0.15, 0.2) is 11.0 Å². The van der Waals surface area contributed by atoms with E-state index < -0.39 is 38.0 Å². The van der Waals surface area contributed by atoms with Gasteiger partial charge in [0.1, 0.15) is 4.90 Å². The summed E-state index contributed by atoms with van der Waals surface area (Å²) >= 11 is 0. The van der Waals surface area contributed by atoms with Crippen LogP contribution < -0.4 is 0 Å². The first-order chi connectivity index (χ1) is 7.29. The average molecular weight is 254 g/mol. The number of benzene rings is 1. The number of hydrogen-bond donors (Lipinski definition) is 1. The lowest BCUT2D eigenvalue weighted by molar-refractivity contribution is 0.429. The van der Waals surface area contributed by atoms with Crippen molar-refractivity contribution < 1.29 is 26.1 Å². The van der Waals surface area contributed by atoms with Crippen LogP contribution >= 0.6 is 0 Å². The van der Waals surface area contributed by atoms with Crippen molar-refractivity contribution >= 4 is 10.1 Å². The summed E-state index contributed by atoms with van der Waals surface area (Å²) in [4.78, 5) is -0.925. The van der Waals surface area contributed by atoms with Gasteiger partial charge in [-0.1, -0.05) is 13.3 Å². The first kappa shape index (κ1) is 13.0. The van der Waals surface area contributed by atoms with Gasteiger partial charge in [-0.25, -0.2) is 13.2 Å². The number of rotatable bonds is 3. The molecule has 0 aromatic heterocycles. The van der Waals surface area contributed by atoms with Crippen molar-refractivity contribution in [2.75, 3.05) is 0 Å². The van der Waals surface area contributed by atoms with Gasteiger partial charge in [-0.3, -0.25) is 4.55 Å². The van der Waals surface area contributed by atoms with Crippen LogP contribution in [0.3, 0.4) is 0 Å². The largest absolute Gasteiger partial charge is 0.295 e. The van der Waals surface area contributed by atoms with Crippen LogP contribution in [0, 0.1) is 17.5 Å². The second-order valence-corrected chi connectivity index (χ2v) is 4.58. The molecular weight excluding hydrogens is 245 g/mol. The number of halogens is 3. The van der Waals surface area contributed by atoms with Crippen LogP contribution in [-0.2, 0) is 16.5 Å². The van der Waals surface area contributed by atoms with E-state index in [0.29, 0.717) is 6.42 Å². The topological polar surface area (TPSA) is 54.4 Å². The molecule has 3 nitrogen and oxygen atoms in total. The van der Waals surface area contributed by atoms with Gasteiger partial charge in [-0.15, -0.1) is 0 Å². The Labute approximate surface area is 90.7 Å². The molecule has 0 aliphatic rings. The van der Waals surface area contributed by atoms with Gasteiger partial charge < -0.3 is 0 Å². The fraction of sp³-hybridized carbons (Fsp3) is 0.333. The molecule has 0 unspecified atom stereocenters. The first-order valence-electron chi connectivity index (χ1n) is 4.42. The molecule has 1 N–H and O–H groups in total. The van der Waals surface area contributed by atoms with E-state index >= 15 is 0 Å². The van der Waals surface area contributed by atoms with Crippen LogP contribution in [0.5, 0.6) is 0 Å². The summed E-state index contributed by atoms with van der Waals surface area (Å²) < 4.78 is 69.3. The highest BCUT2D eigenvalue weighted by molar-refractivity contribution is 7.85. The van der Waals surface area contributed by atoms with Crippen LogP contribution in [0.1, 0.15) is 18.9 Å². The summed E-state index contributed by atoms with van der Waals surface area (Å²) in [6, 6.07) is 0.277. The van der Waals surface area contributed by atoms with E-state index in [4.69, 9.17) is 4.55 Å². The van der Waals surface area contributed by atoms with Crippen LogP contribution in [-0.4, -0.2) is 13.0 Å². The van der Waals surface area contributed by atoms with Crippen molar-refractivity contribution in [3.63, 3.8) is 0 Å². The predicted molar refractivity (Wildman–Crippen MR) is 50.1 cm³/mol. The second kappa shape index (κ2) is 4.42. The van der Waals surface area contributed by atoms with E-state index in [1.54, 1.807) is 6.92 Å². The molecule has 1 aromatic rings. The van der Waals surface area contributed by atoms with Crippen molar-refractivity contribution in [1.29, 1.82) is 0 Å². The van der Waals surface area contributed by atoms with Gasteiger partial charge in [-0.05, 0) is 12.5 Å². The Morgan fingerprint density at radius 2 is 1.81 bits per heavy atom. The van der Waals surface area contributed by atoms with E-state index in [1.807, 2.05) is 0 Å². The molecule has 0 spiro atoms. The third-order valence-electron chi connectivity index (χ3n) is 2.00. The highest BCUT2D eigenvalue weighted by Gasteiger charge is 2.24. The summed E-state index contributed by atoms with van der Waals surface area (Å²) in [5.74, 6) is -4.96. The van der Waals surface area contributed by atoms with Crippen molar-refractivity contribution in [2.45, 2.75) is 24.7 Å². The normalized spacial score (nSPS) is 11.8. The SMILES string of the molecule is CCCc1c(S(=O)(=O)O)cc(F)c(F)c1F. The first-order valence-corrected chi connectivity index (χ1v) is 5.87. The van der Waals surface area contributed by atoms with Gasteiger partial charge in [0.05, 0.1) is 0 Å². The zero-order valence-corrected chi connectivity index (χ0v) is 9.11. The van der Waals surface area contributed by atoms with Crippen LogP contribution in [0.2, 0.25) is 0 Å². The fourth-order valence-electron chi connectivity index (χ4n) is 1.32. The van der Waals surface area contributed by atoms with E-state index in [-0.39, 0.29) is 12.5 Å². The highest BCUT2D eigenvalue weighted by Crippen LogP contribution is 2.24. The minimum absolute atomic E-state index is 0.113. The van der Waals surface area contributed by atoms with E-state index in [9.17, 15) is 21.6 Å². The summed E-state index contributed by atoms with van der Waals surface area (Å²) in [6.45, 7) is 1.61. The minimum Gasteiger partial charge on any atom is -0.282 e. The summed E-state index contributed by atoms with van der Waals surface area (Å²) in [5, 5.41) is 0. The Bertz CT molecular complexity index is 511. The Morgan fingerprint density at radius 3 is 2.25 bits per heavy atom. The molecule has 0 fully saturated rings. The van der Waals surface area contributed by atoms with Gasteiger partial charge in [0.15, 0.2) is 17.5 Å². The van der Waals surface area contributed by atoms with Gasteiger partial charge in [0, 0.05) is 5.56 Å². The van der Waals surface area contributed by atoms with E-state index in [2.05, 4.69) is 0 Å². The third kappa shape index (κ3) is 2.35. The summed E-state index contributed by atoms with van der Waals surface area (Å²) in [6.07, 6.45) is 0.211. The Balaban J connectivity index is 3.60. The lowest BCUT2D eigenvalue weighted by atomic mass is 10.1. The van der Waals surface area contributed by atoms with Crippen LogP contribution in [0.4, 0.5) is 13.2 Å². The van der Waals surface area contributed by atoms with Gasteiger partial charge >= 0.3 is 0 Å². The Hall–Kier alpha value is -1.08. The summed E-state index contributed by atoms with van der Waals surface area (Å²) in [5.41, 5.74) is -0.538. The van der Waals surface area contributed by atoms with Crippen LogP contribution in [0.25, 0.3) is 0 Å². The molecule has 0 aliphatic carbocycles. The quantitative estimate of drug-likeness (QED) is 0.665. The molecule has 0 amide bonds. The Morgan fingerprint density at radius 1 is 1.25 bits per heavy atom. The summed E-state index contributed by atoms with van der Waals surface area (Å²) in [7, 11) is -4.76. The van der Waals surface area contributed by atoms with E-state index in [1.165, 1.54) is 0 Å². The van der Waals surface area contributed by atoms with Gasteiger partial charge in [-0.2, -0.15) is 8.42 Å². The molecule has 0 saturated carbocycles. The maximum Gasteiger partial charge on any atom is 0.295 e. The molecular formula is C9H9F3O3S. The van der Waals surface area contributed by atoms with Gasteiger partial charge in [0.25, 0.3) is 10.1 Å². The molecule has 1 rings (SSSR count). The fourth-order valence-corrected chi connectivity index (χ4v) is 2.08. The minimum atomic E-state index is -4.76. The smallest absolute Gasteiger partial charge is 0.282 e. The van der Waals surface area contributed by atoms with Gasteiger partial charge in [0.2, 0.25) is 0 Å². The lowest BCUT2D eigenvalue weighted by Crippen LogP contribution is -2.09. The van der Waals surface area contributed by atoms with Crippen molar-refractivity contribution in [3.8, 4) is 0 Å². The molecule has 0 radical (unpaired) electrons. The zero-order chi connectivity index (χ0) is 12.5. The molecule has 0 bridgehead atoms. The molecule has 1 aromatic carbocycles. The van der Waals surface area contributed by atoms with E-state index in [0.717, 1.165) is 0 Å². The highest BCUT2D eigenvalue weighted by atomic mass is 32.2. The molecule has 90 valence electrons. The monoisotopic (exact) mass is 254 g/mol. The predicted octanol–water partition coefficient (Wildman–Crippen LogP) is 2.30. The lowest BCUT2D eigenvalue weighted by Gasteiger charge is -2.08. The number of hydrogen-bond acceptors (Lipinski definition) is 2. The average Bonchev–Trinajstić information content (AvgIpc) is 2.17. The maximum absolute atomic E-state index is 13.2.